The van der Waals surface area contributed by atoms with Gasteiger partial charge in [0.15, 0.2) is 0 Å². The molecule has 10 nitrogen and oxygen atoms in total. The van der Waals surface area contributed by atoms with Crippen LogP contribution in [0.4, 0.5) is 0 Å². The van der Waals surface area contributed by atoms with Crippen LogP contribution in [-0.4, -0.2) is 39.9 Å². The second-order valence-corrected chi connectivity index (χ2v) is 10.2. The number of carbonyl (C=O) groups excluding carboxylic acids is 1. The van der Waals surface area contributed by atoms with Gasteiger partial charge in [0.2, 0.25) is 15.7 Å². The van der Waals surface area contributed by atoms with Crippen molar-refractivity contribution in [2.45, 2.75) is 35.2 Å². The highest BCUT2D eigenvalue weighted by molar-refractivity contribution is 7.91. The lowest BCUT2D eigenvalue weighted by molar-refractivity contribution is -0.119. The molecule has 2 aromatic heterocycles. The molecule has 0 saturated heterocycles. The van der Waals surface area contributed by atoms with Crippen molar-refractivity contribution in [3.8, 4) is 0 Å². The summed E-state index contributed by atoms with van der Waals surface area (Å²) in [4.78, 5) is 37.5. The van der Waals surface area contributed by atoms with Crippen LogP contribution >= 0.6 is 11.6 Å². The largest absolute Gasteiger partial charge is 0.421 e. The molecule has 1 fully saturated rings. The number of nitrogens with zero attached hydrogens (tertiary/aromatic N) is 2. The van der Waals surface area contributed by atoms with Gasteiger partial charge in [-0.3, -0.25) is 9.59 Å². The Morgan fingerprint density at radius 1 is 1.21 bits per heavy atom. The molecule has 0 aliphatic heterocycles. The molecule has 2 heterocycles. The number of rotatable bonds is 4. The van der Waals surface area contributed by atoms with Gasteiger partial charge >= 0.3 is 5.69 Å². The molecular formula is C21H17ClN4O6S. The highest BCUT2D eigenvalue weighted by Crippen LogP contribution is 2.39. The summed E-state index contributed by atoms with van der Waals surface area (Å²) in [6, 6.07) is 8.88. The smallest absolute Gasteiger partial charge is 0.362 e. The van der Waals surface area contributed by atoms with Crippen molar-refractivity contribution in [3.05, 3.63) is 68.5 Å². The molecule has 0 unspecified atom stereocenters. The van der Waals surface area contributed by atoms with E-state index in [1.165, 1.54) is 31.2 Å². The molecule has 170 valence electrons. The van der Waals surface area contributed by atoms with Crippen LogP contribution in [0.5, 0.6) is 0 Å². The van der Waals surface area contributed by atoms with Crippen LogP contribution in [0.3, 0.4) is 0 Å². The van der Waals surface area contributed by atoms with E-state index in [1.54, 1.807) is 6.07 Å². The van der Waals surface area contributed by atoms with E-state index in [-0.39, 0.29) is 48.4 Å². The standard InChI is InChI=1S/C21H17ClN4O6S/c1-10(27)23-14-9-16(14)25-7-6-11-2-3-12(8-15(11)25)33(31,32)17-5-4-13(22)18-19(17)24-21(29)26(30)20(18)28/h2-8,14,16,30H,9H2,1H3,(H,23,27)(H,24,29)/t14-,16-/m1/s1. The SMILES string of the molecule is CC(=O)N[C@@H]1C[C@H]1n1ccc2ccc(S(=O)(=O)c3ccc(Cl)c4c(=O)n(O)c(=O)[nH]c34)cc21. The van der Waals surface area contributed by atoms with Crippen LogP contribution in [0.25, 0.3) is 21.8 Å². The number of fused-ring (bicyclic) bond motifs is 2. The highest BCUT2D eigenvalue weighted by Gasteiger charge is 2.39. The van der Waals surface area contributed by atoms with Gasteiger partial charge in [-0.2, -0.15) is 0 Å². The first kappa shape index (κ1) is 21.3. The van der Waals surface area contributed by atoms with Gasteiger partial charge in [-0.25, -0.2) is 13.2 Å². The van der Waals surface area contributed by atoms with E-state index in [1.807, 2.05) is 16.8 Å². The van der Waals surface area contributed by atoms with Gasteiger partial charge in [0.05, 0.1) is 37.8 Å². The summed E-state index contributed by atoms with van der Waals surface area (Å²) < 4.78 is 28.8. The van der Waals surface area contributed by atoms with E-state index < -0.39 is 21.1 Å². The Balaban J connectivity index is 1.67. The third-order valence-corrected chi connectivity index (χ3v) is 7.85. The Labute approximate surface area is 190 Å². The number of hydrogen-bond donors (Lipinski definition) is 3. The molecule has 1 amide bonds. The monoisotopic (exact) mass is 488 g/mol. The molecular weight excluding hydrogens is 472 g/mol. The Morgan fingerprint density at radius 2 is 1.97 bits per heavy atom. The minimum atomic E-state index is -4.19. The lowest BCUT2D eigenvalue weighted by atomic mass is 10.2. The predicted octanol–water partition coefficient (Wildman–Crippen LogP) is 1.82. The second-order valence-electron chi connectivity index (χ2n) is 7.90. The summed E-state index contributed by atoms with van der Waals surface area (Å²) in [5.41, 5.74) is -1.93. The summed E-state index contributed by atoms with van der Waals surface area (Å²) in [6.07, 6.45) is 2.57. The number of halogens is 1. The van der Waals surface area contributed by atoms with Crippen molar-refractivity contribution in [3.63, 3.8) is 0 Å². The van der Waals surface area contributed by atoms with Crippen LogP contribution < -0.4 is 16.6 Å². The fourth-order valence-electron chi connectivity index (χ4n) is 4.09. The zero-order valence-electron chi connectivity index (χ0n) is 17.1. The van der Waals surface area contributed by atoms with Gasteiger partial charge in [-0.1, -0.05) is 22.4 Å². The Bertz CT molecular complexity index is 1700. The Kier molecular flexibility index (Phi) is 4.66. The minimum Gasteiger partial charge on any atom is -0.421 e. The van der Waals surface area contributed by atoms with E-state index in [2.05, 4.69) is 10.3 Å². The average molecular weight is 489 g/mol. The molecule has 0 spiro atoms. The molecule has 0 radical (unpaired) electrons. The number of hydrogen-bond acceptors (Lipinski definition) is 6. The first-order valence-corrected chi connectivity index (χ1v) is 11.8. The molecule has 1 aliphatic rings. The number of carbonyl (C=O) groups is 1. The number of benzene rings is 2. The third kappa shape index (κ3) is 3.31. The Morgan fingerprint density at radius 3 is 2.70 bits per heavy atom. The maximum atomic E-state index is 13.5. The molecule has 5 rings (SSSR count). The van der Waals surface area contributed by atoms with E-state index in [0.717, 1.165) is 11.8 Å². The fourth-order valence-corrected chi connectivity index (χ4v) is 5.77. The van der Waals surface area contributed by atoms with Crippen molar-refractivity contribution in [1.82, 2.24) is 19.6 Å². The van der Waals surface area contributed by atoms with Crippen LogP contribution in [0.2, 0.25) is 5.02 Å². The predicted molar refractivity (Wildman–Crippen MR) is 120 cm³/mol. The van der Waals surface area contributed by atoms with Gasteiger partial charge in [0.1, 0.15) is 0 Å². The zero-order valence-corrected chi connectivity index (χ0v) is 18.6. The first-order valence-electron chi connectivity index (χ1n) is 9.89. The summed E-state index contributed by atoms with van der Waals surface area (Å²) >= 11 is 6.06. The van der Waals surface area contributed by atoms with Crippen molar-refractivity contribution in [2.24, 2.45) is 0 Å². The minimum absolute atomic E-state index is 0.0140. The van der Waals surface area contributed by atoms with Gasteiger partial charge in [-0.05, 0) is 42.1 Å². The van der Waals surface area contributed by atoms with Crippen molar-refractivity contribution >= 4 is 49.2 Å². The lowest BCUT2D eigenvalue weighted by Crippen LogP contribution is -2.33. The van der Waals surface area contributed by atoms with Gasteiger partial charge in [-0.15, -0.1) is 0 Å². The highest BCUT2D eigenvalue weighted by atomic mass is 35.5. The first-order chi connectivity index (χ1) is 15.6. The maximum absolute atomic E-state index is 13.5. The van der Waals surface area contributed by atoms with Gasteiger partial charge < -0.3 is 20.1 Å². The summed E-state index contributed by atoms with van der Waals surface area (Å²) in [5.74, 6) is -0.132. The van der Waals surface area contributed by atoms with Crippen LogP contribution in [0.1, 0.15) is 19.4 Å². The fraction of sp³-hybridized carbons (Fsp3) is 0.190. The number of H-pyrrole nitrogens is 1. The zero-order chi connectivity index (χ0) is 23.7. The van der Waals surface area contributed by atoms with Crippen LogP contribution in [0, 0.1) is 0 Å². The van der Waals surface area contributed by atoms with Crippen LogP contribution in [-0.2, 0) is 14.6 Å². The number of aromatic amines is 1. The second kappa shape index (κ2) is 7.22. The normalized spacial score (nSPS) is 18.0. The van der Waals surface area contributed by atoms with Gasteiger partial charge in [0, 0.05) is 18.6 Å². The summed E-state index contributed by atoms with van der Waals surface area (Å²) in [6.45, 7) is 1.44. The lowest BCUT2D eigenvalue weighted by Gasteiger charge is -2.11. The van der Waals surface area contributed by atoms with Crippen LogP contribution in [0.15, 0.2) is 62.0 Å². The Hall–Kier alpha value is -3.57. The maximum Gasteiger partial charge on any atom is 0.362 e. The molecule has 1 aliphatic carbocycles. The molecule has 2 atom stereocenters. The molecule has 12 heteroatoms. The molecule has 1 saturated carbocycles. The molecule has 33 heavy (non-hydrogen) atoms. The summed E-state index contributed by atoms with van der Waals surface area (Å²) in [7, 11) is -4.19. The summed E-state index contributed by atoms with van der Waals surface area (Å²) in [5, 5.41) is 12.9. The number of aromatic nitrogens is 3. The number of nitrogens with one attached hydrogen (secondary N) is 2. The van der Waals surface area contributed by atoms with Crippen molar-refractivity contribution in [2.75, 3.05) is 0 Å². The van der Waals surface area contributed by atoms with E-state index in [4.69, 9.17) is 11.6 Å². The molecule has 2 aromatic carbocycles. The van der Waals surface area contributed by atoms with Crippen molar-refractivity contribution in [1.29, 1.82) is 0 Å². The van der Waals surface area contributed by atoms with Gasteiger partial charge in [0.25, 0.3) is 5.56 Å². The number of amides is 1. The topological polar surface area (TPSA) is 143 Å². The molecule has 4 aromatic rings. The number of sulfone groups is 1. The quantitative estimate of drug-likeness (QED) is 0.374. The third-order valence-electron chi connectivity index (χ3n) is 5.74. The molecule has 3 N–H and O–H groups in total. The molecule has 0 bridgehead atoms. The van der Waals surface area contributed by atoms with Crippen molar-refractivity contribution < 1.29 is 18.4 Å². The van der Waals surface area contributed by atoms with E-state index in [0.29, 0.717) is 5.52 Å². The van der Waals surface area contributed by atoms with E-state index >= 15 is 0 Å². The van der Waals surface area contributed by atoms with E-state index in [9.17, 15) is 28.0 Å². The average Bonchev–Trinajstić information content (AvgIpc) is 3.36.